The van der Waals surface area contributed by atoms with Crippen LogP contribution in [0, 0.1) is 11.3 Å². The van der Waals surface area contributed by atoms with E-state index in [2.05, 4.69) is 11.4 Å². The molecule has 1 heterocycles. The average molecular weight is 228 g/mol. The summed E-state index contributed by atoms with van der Waals surface area (Å²) in [6.07, 6.45) is 1.62. The molecule has 0 aliphatic carbocycles. The molecule has 1 aromatic heterocycles. The molecule has 2 aromatic rings. The highest BCUT2D eigenvalue weighted by Crippen LogP contribution is 2.28. The number of nitriles is 1. The highest BCUT2D eigenvalue weighted by Gasteiger charge is 2.08. The highest BCUT2D eigenvalue weighted by atomic mass is 16.5. The van der Waals surface area contributed by atoms with Gasteiger partial charge in [0, 0.05) is 0 Å². The number of rotatable bonds is 4. The molecule has 0 aliphatic heterocycles. The van der Waals surface area contributed by atoms with Gasteiger partial charge < -0.3 is 14.5 Å². The van der Waals surface area contributed by atoms with E-state index in [1.54, 1.807) is 25.5 Å². The van der Waals surface area contributed by atoms with E-state index in [4.69, 9.17) is 14.4 Å². The van der Waals surface area contributed by atoms with E-state index in [-0.39, 0.29) is 0 Å². The van der Waals surface area contributed by atoms with Gasteiger partial charge in [-0.3, -0.25) is 0 Å². The number of hydrogen-bond donors (Lipinski definition) is 1. The van der Waals surface area contributed by atoms with Crippen molar-refractivity contribution in [1.82, 2.24) is 0 Å². The van der Waals surface area contributed by atoms with E-state index in [1.165, 1.54) is 0 Å². The van der Waals surface area contributed by atoms with Gasteiger partial charge in [-0.1, -0.05) is 6.07 Å². The van der Waals surface area contributed by atoms with Gasteiger partial charge in [-0.2, -0.15) is 5.26 Å². The zero-order valence-electron chi connectivity index (χ0n) is 9.43. The van der Waals surface area contributed by atoms with Gasteiger partial charge in [0.1, 0.15) is 17.6 Å². The quantitative estimate of drug-likeness (QED) is 0.874. The maximum absolute atomic E-state index is 9.03. The Morgan fingerprint density at radius 2 is 2.24 bits per heavy atom. The summed E-state index contributed by atoms with van der Waals surface area (Å²) in [7, 11) is 1.58. The third-order valence-electron chi connectivity index (χ3n) is 2.39. The molecule has 17 heavy (non-hydrogen) atoms. The molecule has 4 heteroatoms. The molecule has 2 rings (SSSR count). The Balaban J connectivity index is 2.22. The largest absolute Gasteiger partial charge is 0.495 e. The number of anilines is 1. The number of nitrogens with zero attached hydrogens (tertiary/aromatic N) is 1. The van der Waals surface area contributed by atoms with Gasteiger partial charge in [-0.15, -0.1) is 0 Å². The standard InChI is InChI=1S/C13H12N2O2/c1-16-12-6-2-4-10(8-14)13(12)15-9-11-5-3-7-17-11/h2-7,15H,9H2,1H3. The summed E-state index contributed by atoms with van der Waals surface area (Å²) in [5.41, 5.74) is 1.24. The van der Waals surface area contributed by atoms with Crippen molar-refractivity contribution in [2.45, 2.75) is 6.54 Å². The Labute approximate surface area is 99.4 Å². The van der Waals surface area contributed by atoms with Crippen LogP contribution in [0.25, 0.3) is 0 Å². The van der Waals surface area contributed by atoms with E-state index in [9.17, 15) is 0 Å². The molecular formula is C13H12N2O2. The van der Waals surface area contributed by atoms with Gasteiger partial charge in [0.25, 0.3) is 0 Å². The lowest BCUT2D eigenvalue weighted by Gasteiger charge is -2.11. The summed E-state index contributed by atoms with van der Waals surface area (Å²) in [6.45, 7) is 0.516. The monoisotopic (exact) mass is 228 g/mol. The molecule has 0 fully saturated rings. The molecular weight excluding hydrogens is 216 g/mol. The van der Waals surface area contributed by atoms with Gasteiger partial charge in [-0.25, -0.2) is 0 Å². The number of methoxy groups -OCH3 is 1. The maximum atomic E-state index is 9.03. The third-order valence-corrected chi connectivity index (χ3v) is 2.39. The van der Waals surface area contributed by atoms with Crippen LogP contribution in [-0.2, 0) is 6.54 Å². The summed E-state index contributed by atoms with van der Waals surface area (Å²) >= 11 is 0. The predicted octanol–water partition coefficient (Wildman–Crippen LogP) is 2.77. The van der Waals surface area contributed by atoms with Crippen molar-refractivity contribution in [3.8, 4) is 11.8 Å². The van der Waals surface area contributed by atoms with E-state index < -0.39 is 0 Å². The van der Waals surface area contributed by atoms with Crippen molar-refractivity contribution in [2.75, 3.05) is 12.4 Å². The van der Waals surface area contributed by atoms with Crippen molar-refractivity contribution in [2.24, 2.45) is 0 Å². The van der Waals surface area contributed by atoms with Gasteiger partial charge in [0.2, 0.25) is 0 Å². The van der Waals surface area contributed by atoms with Crippen molar-refractivity contribution < 1.29 is 9.15 Å². The van der Waals surface area contributed by atoms with E-state index in [0.717, 1.165) is 5.76 Å². The molecule has 0 atom stereocenters. The summed E-state index contributed by atoms with van der Waals surface area (Å²) in [4.78, 5) is 0. The minimum Gasteiger partial charge on any atom is -0.495 e. The fraction of sp³-hybridized carbons (Fsp3) is 0.154. The number of nitrogens with one attached hydrogen (secondary N) is 1. The molecule has 0 bridgehead atoms. The van der Waals surface area contributed by atoms with Crippen molar-refractivity contribution in [3.05, 3.63) is 47.9 Å². The number of hydrogen-bond acceptors (Lipinski definition) is 4. The molecule has 0 aliphatic rings. The molecule has 0 saturated heterocycles. The first-order valence-corrected chi connectivity index (χ1v) is 5.18. The molecule has 1 N–H and O–H groups in total. The van der Waals surface area contributed by atoms with Crippen LogP contribution >= 0.6 is 0 Å². The predicted molar refractivity (Wildman–Crippen MR) is 63.7 cm³/mol. The lowest BCUT2D eigenvalue weighted by Crippen LogP contribution is -2.02. The second-order valence-electron chi connectivity index (χ2n) is 3.43. The average Bonchev–Trinajstić information content (AvgIpc) is 2.88. The molecule has 86 valence electrons. The van der Waals surface area contributed by atoms with Gasteiger partial charge in [0.15, 0.2) is 0 Å². The smallest absolute Gasteiger partial charge is 0.143 e. The maximum Gasteiger partial charge on any atom is 0.143 e. The summed E-state index contributed by atoms with van der Waals surface area (Å²) in [5, 5.41) is 12.2. The SMILES string of the molecule is COc1cccc(C#N)c1NCc1ccco1. The lowest BCUT2D eigenvalue weighted by molar-refractivity contribution is 0.416. The number of para-hydroxylation sites is 1. The van der Waals surface area contributed by atoms with Crippen LogP contribution in [0.2, 0.25) is 0 Å². The zero-order valence-corrected chi connectivity index (χ0v) is 9.43. The van der Waals surface area contributed by atoms with Gasteiger partial charge in [0.05, 0.1) is 31.2 Å². The first-order valence-electron chi connectivity index (χ1n) is 5.18. The highest BCUT2D eigenvalue weighted by molar-refractivity contribution is 5.66. The fourth-order valence-electron chi connectivity index (χ4n) is 1.57. The van der Waals surface area contributed by atoms with Crippen molar-refractivity contribution >= 4 is 5.69 Å². The van der Waals surface area contributed by atoms with Crippen LogP contribution < -0.4 is 10.1 Å². The van der Waals surface area contributed by atoms with Crippen molar-refractivity contribution in [3.63, 3.8) is 0 Å². The number of furan rings is 1. The molecule has 0 radical (unpaired) electrons. The van der Waals surface area contributed by atoms with Crippen LogP contribution in [0.15, 0.2) is 41.0 Å². The zero-order chi connectivity index (χ0) is 12.1. The first-order chi connectivity index (χ1) is 8.35. The Bertz CT molecular complexity index is 527. The fourth-order valence-corrected chi connectivity index (χ4v) is 1.57. The van der Waals surface area contributed by atoms with E-state index in [1.807, 2.05) is 18.2 Å². The minimum atomic E-state index is 0.516. The summed E-state index contributed by atoms with van der Waals surface area (Å²) < 4.78 is 10.4. The van der Waals surface area contributed by atoms with Crippen LogP contribution in [-0.4, -0.2) is 7.11 Å². The van der Waals surface area contributed by atoms with Crippen LogP contribution in [0.3, 0.4) is 0 Å². The van der Waals surface area contributed by atoms with E-state index >= 15 is 0 Å². The first kappa shape index (κ1) is 11.1. The van der Waals surface area contributed by atoms with Crippen LogP contribution in [0.5, 0.6) is 5.75 Å². The number of ether oxygens (including phenoxy) is 1. The van der Waals surface area contributed by atoms with Crippen LogP contribution in [0.1, 0.15) is 11.3 Å². The number of benzene rings is 1. The molecule has 1 aromatic carbocycles. The molecule has 4 nitrogen and oxygen atoms in total. The molecule has 0 unspecified atom stereocenters. The van der Waals surface area contributed by atoms with Gasteiger partial charge in [-0.05, 0) is 24.3 Å². The topological polar surface area (TPSA) is 58.2 Å². The summed E-state index contributed by atoms with van der Waals surface area (Å²) in [6, 6.07) is 11.2. The second kappa shape index (κ2) is 5.08. The van der Waals surface area contributed by atoms with Crippen LogP contribution in [0.4, 0.5) is 5.69 Å². The molecule has 0 amide bonds. The summed E-state index contributed by atoms with van der Waals surface area (Å²) in [5.74, 6) is 1.45. The van der Waals surface area contributed by atoms with Crippen molar-refractivity contribution in [1.29, 1.82) is 5.26 Å². The lowest BCUT2D eigenvalue weighted by atomic mass is 10.1. The Hall–Kier alpha value is -2.41. The molecule has 0 saturated carbocycles. The van der Waals surface area contributed by atoms with Gasteiger partial charge >= 0.3 is 0 Å². The van der Waals surface area contributed by atoms with E-state index in [0.29, 0.717) is 23.5 Å². The third kappa shape index (κ3) is 2.40. The Morgan fingerprint density at radius 3 is 2.88 bits per heavy atom. The Kier molecular flexibility index (Phi) is 3.31. The second-order valence-corrected chi connectivity index (χ2v) is 3.43. The molecule has 0 spiro atoms. The normalized spacial score (nSPS) is 9.65. The Morgan fingerprint density at radius 1 is 1.35 bits per heavy atom. The minimum absolute atomic E-state index is 0.516.